The molecule has 31 heavy (non-hydrogen) atoms. The number of nitrogens with zero attached hydrogens (tertiary/aromatic N) is 5. The van der Waals surface area contributed by atoms with Crippen molar-refractivity contribution in [2.24, 2.45) is 7.05 Å². The SMILES string of the molecule is Cn1nc(C(=O)NCCn2nc(C(=O)N3CCCC3)c3c2CCOC3)c2ccccc21. The summed E-state index contributed by atoms with van der Waals surface area (Å²) in [5, 5.41) is 12.8. The minimum atomic E-state index is -0.213. The van der Waals surface area contributed by atoms with E-state index in [0.717, 1.165) is 48.1 Å². The lowest BCUT2D eigenvalue weighted by atomic mass is 10.1. The van der Waals surface area contributed by atoms with Crippen molar-refractivity contribution in [2.75, 3.05) is 26.2 Å². The van der Waals surface area contributed by atoms with Gasteiger partial charge in [0.05, 0.1) is 25.3 Å². The largest absolute Gasteiger partial charge is 0.376 e. The molecule has 1 N–H and O–H groups in total. The van der Waals surface area contributed by atoms with Crippen LogP contribution in [0.15, 0.2) is 24.3 Å². The number of hydrogen-bond acceptors (Lipinski definition) is 5. The van der Waals surface area contributed by atoms with E-state index in [1.165, 1.54) is 0 Å². The molecule has 0 spiro atoms. The van der Waals surface area contributed by atoms with Crippen LogP contribution in [0.2, 0.25) is 0 Å². The van der Waals surface area contributed by atoms with Crippen molar-refractivity contribution in [3.63, 3.8) is 0 Å². The predicted molar refractivity (Wildman–Crippen MR) is 114 cm³/mol. The van der Waals surface area contributed by atoms with Gasteiger partial charge in [-0.15, -0.1) is 0 Å². The molecule has 2 aromatic heterocycles. The van der Waals surface area contributed by atoms with Crippen molar-refractivity contribution in [1.82, 2.24) is 29.8 Å². The Hall–Kier alpha value is -3.20. The van der Waals surface area contributed by atoms with Crippen LogP contribution in [0.5, 0.6) is 0 Å². The Morgan fingerprint density at radius 3 is 2.77 bits per heavy atom. The van der Waals surface area contributed by atoms with Crippen LogP contribution in [0.4, 0.5) is 0 Å². The lowest BCUT2D eigenvalue weighted by molar-refractivity contribution is 0.0772. The lowest BCUT2D eigenvalue weighted by Crippen LogP contribution is -2.29. The van der Waals surface area contributed by atoms with Gasteiger partial charge >= 0.3 is 0 Å². The minimum Gasteiger partial charge on any atom is -0.376 e. The summed E-state index contributed by atoms with van der Waals surface area (Å²) in [5.74, 6) is -0.225. The summed E-state index contributed by atoms with van der Waals surface area (Å²) < 4.78 is 9.17. The highest BCUT2D eigenvalue weighted by Crippen LogP contribution is 2.23. The number of ether oxygens (including phenoxy) is 1. The zero-order valence-electron chi connectivity index (χ0n) is 17.6. The summed E-state index contributed by atoms with van der Waals surface area (Å²) in [5.41, 5.74) is 3.76. The van der Waals surface area contributed by atoms with Gasteiger partial charge in [-0.1, -0.05) is 18.2 Å². The number of rotatable bonds is 5. The number of aryl methyl sites for hydroxylation is 1. The van der Waals surface area contributed by atoms with Crippen molar-refractivity contribution >= 4 is 22.7 Å². The van der Waals surface area contributed by atoms with Gasteiger partial charge in [-0.2, -0.15) is 10.2 Å². The highest BCUT2D eigenvalue weighted by atomic mass is 16.5. The molecule has 0 radical (unpaired) electrons. The van der Waals surface area contributed by atoms with Crippen molar-refractivity contribution in [1.29, 1.82) is 0 Å². The number of amides is 2. The Kier molecular flexibility index (Phi) is 5.19. The van der Waals surface area contributed by atoms with Gasteiger partial charge in [-0.25, -0.2) is 0 Å². The van der Waals surface area contributed by atoms with Crippen LogP contribution in [0, 0.1) is 0 Å². The van der Waals surface area contributed by atoms with Gasteiger partial charge in [-0.05, 0) is 18.9 Å². The van der Waals surface area contributed by atoms with Crippen LogP contribution in [0.3, 0.4) is 0 Å². The quantitative estimate of drug-likeness (QED) is 0.673. The second-order valence-corrected chi connectivity index (χ2v) is 8.04. The minimum absolute atomic E-state index is 0.0120. The summed E-state index contributed by atoms with van der Waals surface area (Å²) in [6.45, 7) is 3.49. The first-order valence-corrected chi connectivity index (χ1v) is 10.8. The second-order valence-electron chi connectivity index (χ2n) is 8.04. The molecule has 2 aliphatic rings. The summed E-state index contributed by atoms with van der Waals surface area (Å²) in [4.78, 5) is 27.6. The zero-order valence-corrected chi connectivity index (χ0v) is 17.6. The number of para-hydroxylation sites is 1. The summed E-state index contributed by atoms with van der Waals surface area (Å²) in [6.07, 6.45) is 2.80. The van der Waals surface area contributed by atoms with E-state index in [0.29, 0.717) is 44.1 Å². The molecule has 9 nitrogen and oxygen atoms in total. The van der Waals surface area contributed by atoms with Gasteiger partial charge in [0.15, 0.2) is 11.4 Å². The van der Waals surface area contributed by atoms with E-state index in [2.05, 4.69) is 15.5 Å². The smallest absolute Gasteiger partial charge is 0.274 e. The Morgan fingerprint density at radius 2 is 1.94 bits per heavy atom. The Morgan fingerprint density at radius 1 is 1.13 bits per heavy atom. The van der Waals surface area contributed by atoms with Crippen molar-refractivity contribution in [3.8, 4) is 0 Å². The summed E-state index contributed by atoms with van der Waals surface area (Å²) in [6, 6.07) is 7.67. The average Bonchev–Trinajstić information content (AvgIpc) is 3.52. The van der Waals surface area contributed by atoms with Crippen molar-refractivity contribution in [3.05, 3.63) is 46.9 Å². The van der Waals surface area contributed by atoms with E-state index in [-0.39, 0.29) is 11.8 Å². The first-order valence-electron chi connectivity index (χ1n) is 10.8. The van der Waals surface area contributed by atoms with E-state index < -0.39 is 0 Å². The van der Waals surface area contributed by atoms with Gasteiger partial charge in [0.2, 0.25) is 0 Å². The number of carbonyl (C=O) groups excluding carboxylic acids is 2. The van der Waals surface area contributed by atoms with Gasteiger partial charge in [0, 0.05) is 49.7 Å². The monoisotopic (exact) mass is 422 g/mol. The third-order valence-corrected chi connectivity index (χ3v) is 6.07. The number of benzene rings is 1. The van der Waals surface area contributed by atoms with Crippen molar-refractivity contribution < 1.29 is 14.3 Å². The number of carbonyl (C=O) groups is 2. The van der Waals surface area contributed by atoms with Gasteiger partial charge in [0.1, 0.15) is 0 Å². The molecule has 3 aromatic rings. The lowest BCUT2D eigenvalue weighted by Gasteiger charge is -2.17. The molecule has 0 aliphatic carbocycles. The molecule has 4 heterocycles. The van der Waals surface area contributed by atoms with Gasteiger partial charge in [0.25, 0.3) is 11.8 Å². The maximum absolute atomic E-state index is 12.9. The van der Waals surface area contributed by atoms with Gasteiger partial charge in [-0.3, -0.25) is 19.0 Å². The number of aromatic nitrogens is 4. The van der Waals surface area contributed by atoms with Crippen LogP contribution in [0.25, 0.3) is 10.9 Å². The third-order valence-electron chi connectivity index (χ3n) is 6.07. The van der Waals surface area contributed by atoms with Gasteiger partial charge < -0.3 is 15.0 Å². The molecule has 2 amide bonds. The van der Waals surface area contributed by atoms with Crippen LogP contribution >= 0.6 is 0 Å². The average molecular weight is 422 g/mol. The highest BCUT2D eigenvalue weighted by molar-refractivity contribution is 6.04. The van der Waals surface area contributed by atoms with E-state index >= 15 is 0 Å². The number of likely N-dealkylation sites (tertiary alicyclic amines) is 1. The topological polar surface area (TPSA) is 94.3 Å². The van der Waals surface area contributed by atoms with Crippen LogP contribution in [0.1, 0.15) is 45.1 Å². The summed E-state index contributed by atoms with van der Waals surface area (Å²) in [7, 11) is 1.83. The molecule has 9 heteroatoms. The molecule has 1 fully saturated rings. The van der Waals surface area contributed by atoms with E-state index in [1.807, 2.05) is 40.9 Å². The predicted octanol–water partition coefficient (Wildman–Crippen LogP) is 1.51. The fourth-order valence-electron chi connectivity index (χ4n) is 4.48. The van der Waals surface area contributed by atoms with Crippen LogP contribution < -0.4 is 5.32 Å². The normalized spacial score (nSPS) is 16.0. The van der Waals surface area contributed by atoms with Crippen LogP contribution in [-0.4, -0.2) is 62.5 Å². The summed E-state index contributed by atoms with van der Waals surface area (Å²) >= 11 is 0. The molecule has 0 saturated carbocycles. The number of fused-ring (bicyclic) bond motifs is 2. The van der Waals surface area contributed by atoms with E-state index in [9.17, 15) is 9.59 Å². The maximum Gasteiger partial charge on any atom is 0.274 e. The molecule has 0 unspecified atom stereocenters. The van der Waals surface area contributed by atoms with E-state index in [1.54, 1.807) is 4.68 Å². The standard InChI is InChI=1S/C22H26N6O3/c1-26-17-7-3-2-6-15(17)19(24-26)21(29)23-9-12-28-18-8-13-31-14-16(18)20(25-28)22(30)27-10-4-5-11-27/h2-3,6-7H,4-5,8-14H2,1H3,(H,23,29). The molecule has 5 rings (SSSR count). The number of nitrogens with one attached hydrogen (secondary N) is 1. The molecular weight excluding hydrogens is 396 g/mol. The Bertz CT molecular complexity index is 1140. The molecular formula is C22H26N6O3. The molecule has 0 bridgehead atoms. The molecule has 1 saturated heterocycles. The zero-order chi connectivity index (χ0) is 21.4. The molecule has 2 aliphatic heterocycles. The highest BCUT2D eigenvalue weighted by Gasteiger charge is 2.29. The molecule has 0 atom stereocenters. The Labute approximate surface area is 179 Å². The molecule has 162 valence electrons. The van der Waals surface area contributed by atoms with Crippen molar-refractivity contribution in [2.45, 2.75) is 32.4 Å². The molecule has 1 aromatic carbocycles. The number of hydrogen-bond donors (Lipinski definition) is 1. The van der Waals surface area contributed by atoms with Crippen LogP contribution in [-0.2, 0) is 31.4 Å². The van der Waals surface area contributed by atoms with E-state index in [4.69, 9.17) is 4.74 Å². The fraction of sp³-hybridized carbons (Fsp3) is 0.455. The first kappa shape index (κ1) is 19.7. The Balaban J connectivity index is 1.31. The fourth-order valence-corrected chi connectivity index (χ4v) is 4.48. The first-order chi connectivity index (χ1) is 15.1. The maximum atomic E-state index is 12.9. The second kappa shape index (κ2) is 8.14. The third kappa shape index (κ3) is 3.59.